The predicted molar refractivity (Wildman–Crippen MR) is 122 cm³/mol. The van der Waals surface area contributed by atoms with Crippen molar-refractivity contribution in [3.63, 3.8) is 0 Å². The third-order valence-corrected chi connectivity index (χ3v) is 5.97. The highest BCUT2D eigenvalue weighted by atomic mass is 35.5. The zero-order valence-electron chi connectivity index (χ0n) is 16.9. The second-order valence-corrected chi connectivity index (χ2v) is 8.38. The van der Waals surface area contributed by atoms with Gasteiger partial charge in [-0.15, -0.1) is 10.2 Å². The smallest absolute Gasteiger partial charge is 0.234 e. The van der Waals surface area contributed by atoms with Gasteiger partial charge in [0, 0.05) is 12.2 Å². The molecule has 6 nitrogen and oxygen atoms in total. The summed E-state index contributed by atoms with van der Waals surface area (Å²) in [5.74, 6) is 1.51. The standard InChI is InChI=1S/C21H22Cl2N4O2S/c1-4-27-20(14(3)29-16-7-5-6-13(2)10-16)25-26-21(27)30-12-19(28)24-15-8-9-17(22)18(23)11-15/h5-11,14H,4,12H2,1-3H3,(H,24,28). The number of amides is 1. The lowest BCUT2D eigenvalue weighted by molar-refractivity contribution is -0.113. The Hall–Kier alpha value is -2.22. The maximum atomic E-state index is 12.3. The predicted octanol–water partition coefficient (Wildman–Crippen LogP) is 5.78. The van der Waals surface area contributed by atoms with Crippen LogP contribution in [0.25, 0.3) is 0 Å². The first-order valence-electron chi connectivity index (χ1n) is 9.41. The minimum Gasteiger partial charge on any atom is -0.483 e. The Bertz CT molecular complexity index is 1040. The Labute approximate surface area is 189 Å². The number of hydrogen-bond acceptors (Lipinski definition) is 5. The number of halogens is 2. The molecule has 0 aliphatic rings. The molecular weight excluding hydrogens is 443 g/mol. The topological polar surface area (TPSA) is 69.0 Å². The number of anilines is 1. The molecule has 0 bridgehead atoms. The largest absolute Gasteiger partial charge is 0.483 e. The first kappa shape index (κ1) is 22.5. The Kier molecular flexibility index (Phi) is 7.64. The fourth-order valence-electron chi connectivity index (χ4n) is 2.85. The molecule has 9 heteroatoms. The lowest BCUT2D eigenvalue weighted by atomic mass is 10.2. The first-order chi connectivity index (χ1) is 14.4. The molecule has 0 aliphatic carbocycles. The number of rotatable bonds is 8. The van der Waals surface area contributed by atoms with E-state index in [9.17, 15) is 4.79 Å². The van der Waals surface area contributed by atoms with Crippen molar-refractivity contribution in [2.45, 2.75) is 38.6 Å². The number of nitrogens with zero attached hydrogens (tertiary/aromatic N) is 3. The van der Waals surface area contributed by atoms with Crippen molar-refractivity contribution in [3.8, 4) is 5.75 Å². The summed E-state index contributed by atoms with van der Waals surface area (Å²) in [6.07, 6.45) is -0.279. The van der Waals surface area contributed by atoms with Gasteiger partial charge in [-0.05, 0) is 56.7 Å². The molecule has 0 fully saturated rings. The third-order valence-electron chi connectivity index (χ3n) is 4.26. The van der Waals surface area contributed by atoms with E-state index in [1.807, 2.05) is 49.6 Å². The normalized spacial score (nSPS) is 11.9. The molecule has 0 saturated heterocycles. The average Bonchev–Trinajstić information content (AvgIpc) is 3.12. The zero-order chi connectivity index (χ0) is 21.7. The van der Waals surface area contributed by atoms with Gasteiger partial charge in [-0.3, -0.25) is 4.79 Å². The van der Waals surface area contributed by atoms with Crippen LogP contribution in [0.2, 0.25) is 10.0 Å². The van der Waals surface area contributed by atoms with Crippen LogP contribution in [0, 0.1) is 6.92 Å². The second kappa shape index (κ2) is 10.2. The van der Waals surface area contributed by atoms with E-state index in [0.29, 0.717) is 33.3 Å². The van der Waals surface area contributed by atoms with Crippen molar-refractivity contribution < 1.29 is 9.53 Å². The third kappa shape index (κ3) is 5.68. The number of aryl methyl sites for hydroxylation is 1. The summed E-state index contributed by atoms with van der Waals surface area (Å²) < 4.78 is 7.98. The summed E-state index contributed by atoms with van der Waals surface area (Å²) in [4.78, 5) is 12.3. The average molecular weight is 465 g/mol. The van der Waals surface area contributed by atoms with Crippen molar-refractivity contribution in [1.82, 2.24) is 14.8 Å². The Morgan fingerprint density at radius 3 is 2.70 bits per heavy atom. The molecule has 1 aromatic heterocycles. The number of carbonyl (C=O) groups is 1. The van der Waals surface area contributed by atoms with Gasteiger partial charge in [0.2, 0.25) is 5.91 Å². The molecule has 1 amide bonds. The van der Waals surface area contributed by atoms with E-state index in [-0.39, 0.29) is 17.8 Å². The number of ether oxygens (including phenoxy) is 1. The van der Waals surface area contributed by atoms with Gasteiger partial charge >= 0.3 is 0 Å². The number of aromatic nitrogens is 3. The SMILES string of the molecule is CCn1c(SCC(=O)Nc2ccc(Cl)c(Cl)c2)nnc1C(C)Oc1cccc(C)c1. The molecule has 30 heavy (non-hydrogen) atoms. The Morgan fingerprint density at radius 1 is 1.20 bits per heavy atom. The highest BCUT2D eigenvalue weighted by Gasteiger charge is 2.19. The zero-order valence-corrected chi connectivity index (χ0v) is 19.2. The van der Waals surface area contributed by atoms with Crippen molar-refractivity contribution in [1.29, 1.82) is 0 Å². The minimum absolute atomic E-state index is 0.172. The number of benzene rings is 2. The summed E-state index contributed by atoms with van der Waals surface area (Å²) >= 11 is 13.2. The highest BCUT2D eigenvalue weighted by Crippen LogP contribution is 2.27. The van der Waals surface area contributed by atoms with Crippen molar-refractivity contribution in [2.75, 3.05) is 11.1 Å². The molecular formula is C21H22Cl2N4O2S. The van der Waals surface area contributed by atoms with Crippen LogP contribution in [0.5, 0.6) is 5.75 Å². The molecule has 158 valence electrons. The molecule has 3 aromatic rings. The fourth-order valence-corrected chi connectivity index (χ4v) is 3.96. The lowest BCUT2D eigenvalue weighted by Crippen LogP contribution is -2.15. The van der Waals surface area contributed by atoms with Crippen LogP contribution >= 0.6 is 35.0 Å². The van der Waals surface area contributed by atoms with Crippen molar-refractivity contribution >= 4 is 46.6 Å². The maximum Gasteiger partial charge on any atom is 0.234 e. The summed E-state index contributed by atoms with van der Waals surface area (Å²) in [7, 11) is 0. The molecule has 1 atom stereocenters. The Morgan fingerprint density at radius 2 is 2.00 bits per heavy atom. The van der Waals surface area contributed by atoms with Gasteiger partial charge in [0.25, 0.3) is 0 Å². The van der Waals surface area contributed by atoms with Gasteiger partial charge in [0.05, 0.1) is 15.8 Å². The molecule has 1 N–H and O–H groups in total. The van der Waals surface area contributed by atoms with Crippen LogP contribution in [0.1, 0.15) is 31.3 Å². The van der Waals surface area contributed by atoms with E-state index in [1.54, 1.807) is 18.2 Å². The van der Waals surface area contributed by atoms with E-state index in [2.05, 4.69) is 15.5 Å². The van der Waals surface area contributed by atoms with Crippen LogP contribution in [-0.4, -0.2) is 26.4 Å². The number of carbonyl (C=O) groups excluding carboxylic acids is 1. The van der Waals surface area contributed by atoms with E-state index in [0.717, 1.165) is 11.3 Å². The summed E-state index contributed by atoms with van der Waals surface area (Å²) in [6, 6.07) is 12.8. The molecule has 2 aromatic carbocycles. The number of nitrogens with one attached hydrogen (secondary N) is 1. The maximum absolute atomic E-state index is 12.3. The molecule has 0 aliphatic heterocycles. The van der Waals surface area contributed by atoms with Crippen LogP contribution < -0.4 is 10.1 Å². The number of thioether (sulfide) groups is 1. The van der Waals surface area contributed by atoms with Crippen LogP contribution in [-0.2, 0) is 11.3 Å². The number of hydrogen-bond donors (Lipinski definition) is 1. The monoisotopic (exact) mass is 464 g/mol. The van der Waals surface area contributed by atoms with Gasteiger partial charge in [-0.2, -0.15) is 0 Å². The summed E-state index contributed by atoms with van der Waals surface area (Å²) in [6.45, 7) is 6.63. The molecule has 1 heterocycles. The van der Waals surface area contributed by atoms with Crippen LogP contribution in [0.15, 0.2) is 47.6 Å². The lowest BCUT2D eigenvalue weighted by Gasteiger charge is -2.16. The van der Waals surface area contributed by atoms with Crippen LogP contribution in [0.4, 0.5) is 5.69 Å². The second-order valence-electron chi connectivity index (χ2n) is 6.63. The van der Waals surface area contributed by atoms with Crippen molar-refractivity contribution in [3.05, 3.63) is 63.9 Å². The van der Waals surface area contributed by atoms with E-state index in [4.69, 9.17) is 27.9 Å². The van der Waals surface area contributed by atoms with Gasteiger partial charge < -0.3 is 14.6 Å². The van der Waals surface area contributed by atoms with Crippen molar-refractivity contribution in [2.24, 2.45) is 0 Å². The molecule has 0 saturated carbocycles. The van der Waals surface area contributed by atoms with E-state index in [1.165, 1.54) is 11.8 Å². The fraction of sp³-hybridized carbons (Fsp3) is 0.286. The van der Waals surface area contributed by atoms with E-state index < -0.39 is 0 Å². The minimum atomic E-state index is -0.279. The van der Waals surface area contributed by atoms with Gasteiger partial charge in [-0.1, -0.05) is 47.1 Å². The molecule has 0 spiro atoms. The molecule has 3 rings (SSSR count). The summed E-state index contributed by atoms with van der Waals surface area (Å²) in [5, 5.41) is 12.8. The van der Waals surface area contributed by atoms with Gasteiger partial charge in [0.1, 0.15) is 5.75 Å². The van der Waals surface area contributed by atoms with Crippen LogP contribution in [0.3, 0.4) is 0 Å². The Balaban J connectivity index is 1.63. The van der Waals surface area contributed by atoms with Gasteiger partial charge in [0.15, 0.2) is 17.1 Å². The summed E-state index contributed by atoms with van der Waals surface area (Å²) in [5.41, 5.74) is 1.72. The molecule has 1 unspecified atom stereocenters. The van der Waals surface area contributed by atoms with Gasteiger partial charge in [-0.25, -0.2) is 0 Å². The first-order valence-corrected chi connectivity index (χ1v) is 11.2. The quantitative estimate of drug-likeness (QED) is 0.427. The highest BCUT2D eigenvalue weighted by molar-refractivity contribution is 7.99. The molecule has 0 radical (unpaired) electrons. The van der Waals surface area contributed by atoms with E-state index >= 15 is 0 Å².